The van der Waals surface area contributed by atoms with E-state index in [0.29, 0.717) is 0 Å². The first-order valence-electron chi connectivity index (χ1n) is 1.30. The molecule has 0 radical (unpaired) electrons. The van der Waals surface area contributed by atoms with Crippen LogP contribution in [0.15, 0.2) is 0 Å². The van der Waals surface area contributed by atoms with Gasteiger partial charge in [0.05, 0.1) is 0 Å². The number of carbonyl (C=O) groups is 2. The Balaban J connectivity index is -0.000000000430. The quantitative estimate of drug-likeness (QED) is 0.180. The van der Waals surface area contributed by atoms with Gasteiger partial charge in [0.25, 0.3) is 0 Å². The van der Waals surface area contributed by atoms with Gasteiger partial charge in [-0.05, 0) is 0 Å². The number of hydrogen-bond donors (Lipinski definition) is 4. The topological polar surface area (TPSA) is 115 Å². The third-order valence-corrected chi connectivity index (χ3v) is 0. The molecule has 0 amide bonds. The zero-order valence-corrected chi connectivity index (χ0v) is 3.61. The molecule has 0 spiro atoms. The van der Waals surface area contributed by atoms with Gasteiger partial charge >= 0.3 is 1030 Å². The van der Waals surface area contributed by atoms with Gasteiger partial charge in [0.2, 0.25) is 0 Å². The second-order valence-corrected chi connectivity index (χ2v) is 0.565. The summed E-state index contributed by atoms with van der Waals surface area (Å²) in [6.45, 7) is 0. The van der Waals surface area contributed by atoms with Crippen LogP contribution in [0.5, 0.6) is 0 Å². The summed E-state index contributed by atoms with van der Waals surface area (Å²) in [5.41, 5.74) is 0. The Morgan fingerprint density at radius 2 is 0.200 bits per heavy atom. The van der Waals surface area contributed by atoms with Crippen LogP contribution in [-0.4, -0.2) is 1050 Å². The van der Waals surface area contributed by atoms with E-state index in [1.807, 2.05) is 0 Å². The molecule has 6 nitrogen and oxygen atoms in total. The van der Waals surface area contributed by atoms with E-state index >= 15 is 0 Å². The van der Waals surface area contributed by atoms with Crippen molar-refractivity contribution >= 4 is 1030 Å². The van der Waals surface area contributed by atoms with Crippen molar-refractivity contribution in [2.24, 2.45) is 0 Å². The van der Waals surface area contributed by atoms with E-state index in [0.717, 1.165) is 0 Å². The molecule has 0 aliphatic carbocycles. The van der Waals surface area contributed by atoms with Gasteiger partial charge in [0.15, 0.2) is 0 Å². The standard InChI is InChI=1S/2CH2O3.27Ca.54H/c2*2-1(3)4;;;;;;;;;;;;;;;;;;;;;;;;;;;;;;;;;;;;;;;;;;;;;;;;;;;;;;;;;;;;;;;;;;;;;;;;;;;;;;;;;/h2*(H2,2,3,4);;;;;;;;;;;;;;;;;;;;;;;;;;;;;;;;;;;;;;;;;;;;;;;;;;;;;;;;;;;;;;;;;;;;;;;;;;;;;;;;;. The zero-order valence-electron chi connectivity index (χ0n) is 3.61. The fourth-order valence-corrected chi connectivity index (χ4v) is 0. The minimum absolute atomic E-state index is 0. The van der Waals surface area contributed by atoms with Crippen LogP contribution in [0.1, 0.15) is 0 Å². The van der Waals surface area contributed by atoms with Crippen molar-refractivity contribution in [1.82, 2.24) is 0 Å². The normalized spacial score (nSPS) is 1.37. The Morgan fingerprint density at radius 3 is 0.200 bits per heavy atom. The molecule has 0 saturated heterocycles. The molecule has 0 rings (SSSR count). The molecule has 0 aromatic carbocycles. The van der Waals surface area contributed by atoms with Crippen molar-refractivity contribution in [3.63, 3.8) is 0 Å². The van der Waals surface area contributed by atoms with Crippen molar-refractivity contribution in [3.05, 3.63) is 0 Å². The zero-order chi connectivity index (χ0) is 7.15. The molecule has 35 heavy (non-hydrogen) atoms. The van der Waals surface area contributed by atoms with E-state index in [4.69, 9.17) is 30.0 Å². The second-order valence-electron chi connectivity index (χ2n) is 0.565. The van der Waals surface area contributed by atoms with E-state index in [9.17, 15) is 0 Å². The van der Waals surface area contributed by atoms with Crippen molar-refractivity contribution in [2.75, 3.05) is 0 Å². The van der Waals surface area contributed by atoms with Crippen LogP contribution in [0.4, 0.5) is 9.59 Å². The molecule has 0 atom stereocenters. The Bertz CT molecular complexity index is 91.7. The van der Waals surface area contributed by atoms with Gasteiger partial charge in [-0.2, -0.15) is 0 Å². The van der Waals surface area contributed by atoms with Crippen LogP contribution in [0.2, 0.25) is 0 Å². The monoisotopic (exact) mass is 1260 g/mol. The number of carboxylic acid groups (broad SMARTS) is 4. The van der Waals surface area contributed by atoms with E-state index in [1.165, 1.54) is 0 Å². The van der Waals surface area contributed by atoms with E-state index < -0.39 is 12.3 Å². The summed E-state index contributed by atoms with van der Waals surface area (Å²) in [6, 6.07) is 0. The summed E-state index contributed by atoms with van der Waals surface area (Å²) in [5.74, 6) is 0. The summed E-state index contributed by atoms with van der Waals surface area (Å²) in [7, 11) is 0. The van der Waals surface area contributed by atoms with Gasteiger partial charge in [-0.1, -0.05) is 0 Å². The van der Waals surface area contributed by atoms with Crippen LogP contribution in [0.25, 0.3) is 0 Å². The summed E-state index contributed by atoms with van der Waals surface area (Å²) in [6.07, 6.45) is -3.67. The van der Waals surface area contributed by atoms with Crippen molar-refractivity contribution in [2.45, 2.75) is 0 Å². The summed E-state index contributed by atoms with van der Waals surface area (Å²) in [5, 5.41) is 27.9. The van der Waals surface area contributed by atoms with Crippen molar-refractivity contribution < 1.29 is 30.0 Å². The molecular weight excluding hydrogens is 1200 g/mol. The first kappa shape index (κ1) is 201. The van der Waals surface area contributed by atoms with E-state index in [-0.39, 0.29) is 1020 Å². The third kappa shape index (κ3) is 262. The molecule has 0 unspecified atom stereocenters. The van der Waals surface area contributed by atoms with Gasteiger partial charge < -0.3 is 20.4 Å². The minimum atomic E-state index is -1.83. The molecule has 0 saturated carbocycles. The Kier molecular flexibility index (Phi) is 1110. The first-order valence-corrected chi connectivity index (χ1v) is 1.30. The molecule has 0 heterocycles. The molecular formula is C2H58Ca27O6. The van der Waals surface area contributed by atoms with Gasteiger partial charge in [0.1, 0.15) is 0 Å². The molecule has 0 fully saturated rings. The van der Waals surface area contributed by atoms with Gasteiger partial charge in [0, 0.05) is 0 Å². The molecule has 4 N–H and O–H groups in total. The van der Waals surface area contributed by atoms with Gasteiger partial charge in [-0.3, -0.25) is 0 Å². The van der Waals surface area contributed by atoms with Crippen molar-refractivity contribution in [1.29, 1.82) is 0 Å². The average molecular weight is 1260 g/mol. The average Bonchev–Trinajstić information content (AvgIpc) is 1.25. The Labute approximate surface area is 1020 Å². The fraction of sp³-hybridized carbons (Fsp3) is 0. The van der Waals surface area contributed by atoms with Crippen LogP contribution in [0.3, 0.4) is 0 Å². The third-order valence-electron chi connectivity index (χ3n) is 0. The summed E-state index contributed by atoms with van der Waals surface area (Å²) in [4.78, 5) is 17.1. The molecule has 156 valence electrons. The SMILES string of the molecule is O=C(O)O.O=C(O)O.[CaH2].[CaH2].[CaH2].[CaH2].[CaH2].[CaH2].[CaH2].[CaH2].[CaH2].[CaH2].[CaH2].[CaH2].[CaH2].[CaH2].[CaH2].[CaH2].[CaH2].[CaH2].[CaH2].[CaH2].[CaH2].[CaH2].[CaH2].[CaH2].[CaH2].[CaH2].[CaH2]. The first-order chi connectivity index (χ1) is 3.46. The Hall–Kier alpha value is 32.6. The molecule has 0 aliphatic rings. The molecule has 0 aliphatic heterocycles. The molecule has 0 aromatic rings. The fourth-order valence-electron chi connectivity index (χ4n) is 0. The number of rotatable bonds is 0. The maximum absolute atomic E-state index is 8.56. The summed E-state index contributed by atoms with van der Waals surface area (Å²) < 4.78 is 0. The predicted octanol–water partition coefficient (Wildman–Crippen LogP) is -24.3. The van der Waals surface area contributed by atoms with Crippen LogP contribution >= 0.6 is 0 Å². The molecule has 0 bridgehead atoms. The van der Waals surface area contributed by atoms with Crippen LogP contribution in [-0.2, 0) is 0 Å². The van der Waals surface area contributed by atoms with Gasteiger partial charge in [-0.15, -0.1) is 0 Å². The maximum atomic E-state index is 8.56. The van der Waals surface area contributed by atoms with Crippen LogP contribution < -0.4 is 0 Å². The number of hydrogen-bond acceptors (Lipinski definition) is 2. The Morgan fingerprint density at radius 1 is 0.200 bits per heavy atom. The summed E-state index contributed by atoms with van der Waals surface area (Å²) >= 11 is 0. The van der Waals surface area contributed by atoms with Crippen LogP contribution in [0, 0.1) is 0 Å². The predicted molar refractivity (Wildman–Crippen MR) is 252 cm³/mol. The van der Waals surface area contributed by atoms with Crippen molar-refractivity contribution in [3.8, 4) is 0 Å². The molecule has 0 aromatic heterocycles. The second kappa shape index (κ2) is 192. The van der Waals surface area contributed by atoms with E-state index in [2.05, 4.69) is 0 Å². The van der Waals surface area contributed by atoms with E-state index in [1.54, 1.807) is 0 Å². The molecule has 33 heteroatoms. The van der Waals surface area contributed by atoms with Gasteiger partial charge in [-0.25, -0.2) is 9.59 Å².